The Bertz CT molecular complexity index is 326. The van der Waals surface area contributed by atoms with Crippen LogP contribution in [-0.2, 0) is 6.54 Å². The van der Waals surface area contributed by atoms with Crippen LogP contribution in [0.3, 0.4) is 0 Å². The second-order valence-electron chi connectivity index (χ2n) is 5.00. The second kappa shape index (κ2) is 8.48. The lowest BCUT2D eigenvalue weighted by Gasteiger charge is -2.10. The van der Waals surface area contributed by atoms with Gasteiger partial charge in [0.1, 0.15) is 0 Å². The molecule has 1 rings (SSSR count). The summed E-state index contributed by atoms with van der Waals surface area (Å²) in [4.78, 5) is 0. The van der Waals surface area contributed by atoms with E-state index in [0.29, 0.717) is 6.04 Å². The van der Waals surface area contributed by atoms with E-state index < -0.39 is 0 Å². The summed E-state index contributed by atoms with van der Waals surface area (Å²) in [5.74, 6) is 1.81. The summed E-state index contributed by atoms with van der Waals surface area (Å²) in [5.41, 5.74) is 0. The fourth-order valence-corrected chi connectivity index (χ4v) is 2.66. The van der Waals surface area contributed by atoms with Gasteiger partial charge in [-0.25, -0.2) is 4.68 Å². The highest BCUT2D eigenvalue weighted by atomic mass is 32.2. The van der Waals surface area contributed by atoms with E-state index in [2.05, 4.69) is 48.5 Å². The molecule has 104 valence electrons. The van der Waals surface area contributed by atoms with Gasteiger partial charge in [-0.2, -0.15) is 0 Å². The summed E-state index contributed by atoms with van der Waals surface area (Å²) in [7, 11) is 0. The fourth-order valence-electron chi connectivity index (χ4n) is 1.69. The van der Waals surface area contributed by atoms with Crippen molar-refractivity contribution in [3.05, 3.63) is 0 Å². The summed E-state index contributed by atoms with van der Waals surface area (Å²) in [6, 6.07) is 0.502. The van der Waals surface area contributed by atoms with E-state index in [0.717, 1.165) is 29.9 Å². The molecule has 0 spiro atoms. The molecule has 1 unspecified atom stereocenters. The standard InChI is InChI=1S/C12H25N5S/c1-5-6-11(4)9-18-12-14-15-16-17(12)8-7-13-10(2)3/h10-11,13H,5-9H2,1-4H3. The average molecular weight is 271 g/mol. The minimum Gasteiger partial charge on any atom is -0.313 e. The Morgan fingerprint density at radius 3 is 2.78 bits per heavy atom. The molecule has 1 aromatic heterocycles. The molecule has 0 radical (unpaired) electrons. The topological polar surface area (TPSA) is 55.6 Å². The van der Waals surface area contributed by atoms with Gasteiger partial charge in [0.15, 0.2) is 0 Å². The highest BCUT2D eigenvalue weighted by Gasteiger charge is 2.09. The van der Waals surface area contributed by atoms with Crippen molar-refractivity contribution in [1.82, 2.24) is 25.5 Å². The highest BCUT2D eigenvalue weighted by Crippen LogP contribution is 2.19. The van der Waals surface area contributed by atoms with Gasteiger partial charge < -0.3 is 5.32 Å². The van der Waals surface area contributed by atoms with Crippen molar-refractivity contribution >= 4 is 11.8 Å². The largest absolute Gasteiger partial charge is 0.313 e. The van der Waals surface area contributed by atoms with E-state index in [1.54, 1.807) is 11.8 Å². The molecule has 0 aromatic carbocycles. The second-order valence-corrected chi connectivity index (χ2v) is 5.99. The average Bonchev–Trinajstić information content (AvgIpc) is 2.74. The molecule has 0 fully saturated rings. The van der Waals surface area contributed by atoms with Gasteiger partial charge in [0.05, 0.1) is 6.54 Å². The predicted octanol–water partition coefficient (Wildman–Crippen LogP) is 2.20. The van der Waals surface area contributed by atoms with Crippen LogP contribution in [0, 0.1) is 5.92 Å². The maximum atomic E-state index is 4.08. The zero-order chi connectivity index (χ0) is 13.4. The minimum atomic E-state index is 0.502. The number of hydrogen-bond acceptors (Lipinski definition) is 5. The third kappa shape index (κ3) is 5.82. The maximum absolute atomic E-state index is 4.08. The van der Waals surface area contributed by atoms with Crippen LogP contribution in [0.15, 0.2) is 5.16 Å². The van der Waals surface area contributed by atoms with E-state index in [-0.39, 0.29) is 0 Å². The van der Waals surface area contributed by atoms with Crippen molar-refractivity contribution in [2.75, 3.05) is 12.3 Å². The van der Waals surface area contributed by atoms with Crippen molar-refractivity contribution in [3.8, 4) is 0 Å². The van der Waals surface area contributed by atoms with Crippen LogP contribution in [-0.4, -0.2) is 38.5 Å². The Hall–Kier alpha value is -0.620. The molecule has 5 nitrogen and oxygen atoms in total. The molecule has 1 heterocycles. The Balaban J connectivity index is 2.35. The SMILES string of the molecule is CCCC(C)CSc1nnnn1CCNC(C)C. The van der Waals surface area contributed by atoms with Gasteiger partial charge in [0, 0.05) is 18.3 Å². The monoisotopic (exact) mass is 271 g/mol. The molecule has 0 bridgehead atoms. The first kappa shape index (κ1) is 15.4. The maximum Gasteiger partial charge on any atom is 0.209 e. The Morgan fingerprint density at radius 1 is 1.33 bits per heavy atom. The van der Waals surface area contributed by atoms with Crippen molar-refractivity contribution < 1.29 is 0 Å². The van der Waals surface area contributed by atoms with Gasteiger partial charge >= 0.3 is 0 Å². The number of thioether (sulfide) groups is 1. The van der Waals surface area contributed by atoms with Gasteiger partial charge in [0.2, 0.25) is 5.16 Å². The van der Waals surface area contributed by atoms with Crippen LogP contribution in [0.1, 0.15) is 40.5 Å². The molecule has 1 atom stereocenters. The number of aromatic nitrogens is 4. The lowest BCUT2D eigenvalue weighted by Crippen LogP contribution is -2.27. The van der Waals surface area contributed by atoms with Gasteiger partial charge in [0.25, 0.3) is 0 Å². The number of nitrogens with zero attached hydrogens (tertiary/aromatic N) is 4. The van der Waals surface area contributed by atoms with Gasteiger partial charge in [-0.1, -0.05) is 52.3 Å². The molecule has 18 heavy (non-hydrogen) atoms. The quantitative estimate of drug-likeness (QED) is 0.698. The summed E-state index contributed by atoms with van der Waals surface area (Å²) in [6.07, 6.45) is 2.51. The first-order valence-electron chi connectivity index (χ1n) is 6.75. The molecule has 6 heteroatoms. The fraction of sp³-hybridized carbons (Fsp3) is 0.917. The first-order chi connectivity index (χ1) is 8.63. The lowest BCUT2D eigenvalue weighted by atomic mass is 10.1. The molecule has 0 amide bonds. The van der Waals surface area contributed by atoms with E-state index >= 15 is 0 Å². The van der Waals surface area contributed by atoms with Crippen molar-refractivity contribution in [1.29, 1.82) is 0 Å². The Morgan fingerprint density at radius 2 is 2.11 bits per heavy atom. The van der Waals surface area contributed by atoms with Crippen LogP contribution in [0.2, 0.25) is 0 Å². The highest BCUT2D eigenvalue weighted by molar-refractivity contribution is 7.99. The zero-order valence-corrected chi connectivity index (χ0v) is 12.7. The van der Waals surface area contributed by atoms with Crippen molar-refractivity contribution in [2.45, 2.75) is 58.3 Å². The Kier molecular flexibility index (Phi) is 7.27. The predicted molar refractivity (Wildman–Crippen MR) is 75.8 cm³/mol. The molecule has 0 saturated heterocycles. The van der Waals surface area contributed by atoms with Crippen LogP contribution in [0.5, 0.6) is 0 Å². The third-order valence-corrected chi connectivity index (χ3v) is 3.94. The van der Waals surface area contributed by atoms with E-state index in [1.165, 1.54) is 12.8 Å². The number of rotatable bonds is 9. The smallest absolute Gasteiger partial charge is 0.209 e. The van der Waals surface area contributed by atoms with Gasteiger partial charge in [-0.15, -0.1) is 5.10 Å². The van der Waals surface area contributed by atoms with E-state index in [9.17, 15) is 0 Å². The molecular formula is C12H25N5S. The molecule has 1 aromatic rings. The third-order valence-electron chi connectivity index (χ3n) is 2.65. The van der Waals surface area contributed by atoms with E-state index in [4.69, 9.17) is 0 Å². The van der Waals surface area contributed by atoms with Gasteiger partial charge in [-0.3, -0.25) is 0 Å². The molecule has 0 aliphatic heterocycles. The zero-order valence-electron chi connectivity index (χ0n) is 11.9. The minimum absolute atomic E-state index is 0.502. The van der Waals surface area contributed by atoms with E-state index in [1.807, 2.05) is 4.68 Å². The summed E-state index contributed by atoms with van der Waals surface area (Å²) in [5, 5.41) is 16.2. The van der Waals surface area contributed by atoms with Gasteiger partial charge in [-0.05, 0) is 16.3 Å². The van der Waals surface area contributed by atoms with Crippen molar-refractivity contribution in [2.24, 2.45) is 5.92 Å². The number of hydrogen-bond donors (Lipinski definition) is 1. The molecule has 0 saturated carbocycles. The lowest BCUT2D eigenvalue weighted by molar-refractivity contribution is 0.484. The number of tetrazole rings is 1. The molecule has 0 aliphatic carbocycles. The molecule has 1 N–H and O–H groups in total. The molecule has 0 aliphatic rings. The molecular weight excluding hydrogens is 246 g/mol. The van der Waals surface area contributed by atoms with Crippen LogP contribution in [0.25, 0.3) is 0 Å². The normalized spacial score (nSPS) is 13.2. The summed E-state index contributed by atoms with van der Waals surface area (Å²) < 4.78 is 1.89. The van der Waals surface area contributed by atoms with Crippen LogP contribution >= 0.6 is 11.8 Å². The summed E-state index contributed by atoms with van der Waals surface area (Å²) >= 11 is 1.76. The van der Waals surface area contributed by atoms with Crippen LogP contribution in [0.4, 0.5) is 0 Å². The first-order valence-corrected chi connectivity index (χ1v) is 7.74. The Labute approximate surface area is 114 Å². The number of nitrogens with one attached hydrogen (secondary N) is 1. The summed E-state index contributed by atoms with van der Waals surface area (Å²) in [6.45, 7) is 10.5. The van der Waals surface area contributed by atoms with Crippen LogP contribution < -0.4 is 5.32 Å². The van der Waals surface area contributed by atoms with Crippen molar-refractivity contribution in [3.63, 3.8) is 0 Å².